The van der Waals surface area contributed by atoms with Crippen molar-refractivity contribution in [3.63, 3.8) is 0 Å². The molecule has 0 fully saturated rings. The number of nitrogens with zero attached hydrogens (tertiary/aromatic N) is 2. The third-order valence-electron chi connectivity index (χ3n) is 2.95. The van der Waals surface area contributed by atoms with Crippen LogP contribution in [0, 0.1) is 27.7 Å². The number of sulfonamides is 1. The van der Waals surface area contributed by atoms with Crippen molar-refractivity contribution in [2.24, 2.45) is 0 Å². The van der Waals surface area contributed by atoms with E-state index in [1.54, 1.807) is 13.8 Å². The molecule has 0 saturated carbocycles. The van der Waals surface area contributed by atoms with Crippen LogP contribution in [0.25, 0.3) is 0 Å². The lowest BCUT2D eigenvalue weighted by Gasteiger charge is -2.05. The van der Waals surface area contributed by atoms with E-state index in [0.717, 1.165) is 22.0 Å². The Bertz CT molecular complexity index is 697. The fraction of sp³-hybridized carbons (Fsp3) is 0.500. The lowest BCUT2D eigenvalue weighted by Crippen LogP contribution is -2.26. The van der Waals surface area contributed by atoms with Gasteiger partial charge in [-0.25, -0.2) is 18.1 Å². The summed E-state index contributed by atoms with van der Waals surface area (Å²) in [6.45, 7) is 7.46. The van der Waals surface area contributed by atoms with E-state index in [1.807, 2.05) is 13.8 Å². The van der Waals surface area contributed by atoms with Gasteiger partial charge in [-0.1, -0.05) is 5.16 Å². The first kappa shape index (κ1) is 15.1. The molecule has 8 heteroatoms. The van der Waals surface area contributed by atoms with Crippen LogP contribution in [-0.4, -0.2) is 25.1 Å². The number of thiazole rings is 1. The van der Waals surface area contributed by atoms with Crippen molar-refractivity contribution < 1.29 is 12.9 Å². The second kappa shape index (κ2) is 5.63. The highest BCUT2D eigenvalue weighted by Crippen LogP contribution is 2.22. The molecule has 2 rings (SSSR count). The van der Waals surface area contributed by atoms with Crippen molar-refractivity contribution in [1.29, 1.82) is 0 Å². The van der Waals surface area contributed by atoms with E-state index in [4.69, 9.17) is 4.52 Å². The summed E-state index contributed by atoms with van der Waals surface area (Å²) in [4.78, 5) is 4.14. The van der Waals surface area contributed by atoms with Gasteiger partial charge in [0, 0.05) is 12.1 Å². The fourth-order valence-electron chi connectivity index (χ4n) is 2.00. The molecule has 0 spiro atoms. The highest BCUT2D eigenvalue weighted by molar-refractivity contribution is 7.91. The van der Waals surface area contributed by atoms with E-state index in [-0.39, 0.29) is 4.21 Å². The SMILES string of the molecule is Cc1nc(C)c(S(=O)(=O)NCCc2c(C)noc2C)s1. The Morgan fingerprint density at radius 3 is 2.40 bits per heavy atom. The Kier molecular flexibility index (Phi) is 4.26. The molecule has 0 unspecified atom stereocenters. The van der Waals surface area contributed by atoms with Gasteiger partial charge >= 0.3 is 0 Å². The first-order valence-electron chi connectivity index (χ1n) is 6.16. The number of aryl methyl sites for hydroxylation is 4. The van der Waals surface area contributed by atoms with Gasteiger partial charge in [0.2, 0.25) is 0 Å². The van der Waals surface area contributed by atoms with Crippen molar-refractivity contribution in [2.45, 2.75) is 38.3 Å². The Labute approximate surface area is 122 Å². The molecule has 0 amide bonds. The summed E-state index contributed by atoms with van der Waals surface area (Å²) < 4.78 is 32.3. The Morgan fingerprint density at radius 2 is 1.90 bits per heavy atom. The van der Waals surface area contributed by atoms with E-state index in [2.05, 4.69) is 14.9 Å². The summed E-state index contributed by atoms with van der Waals surface area (Å²) in [6, 6.07) is 0. The minimum absolute atomic E-state index is 0.286. The summed E-state index contributed by atoms with van der Waals surface area (Å²) in [5, 5.41) is 4.59. The molecular weight excluding hydrogens is 298 g/mol. The molecule has 2 heterocycles. The van der Waals surface area contributed by atoms with Crippen molar-refractivity contribution in [3.05, 3.63) is 27.7 Å². The van der Waals surface area contributed by atoms with Crippen LogP contribution in [-0.2, 0) is 16.4 Å². The molecule has 0 aliphatic carbocycles. The van der Waals surface area contributed by atoms with Gasteiger partial charge < -0.3 is 4.52 Å². The molecule has 2 aromatic rings. The number of hydrogen-bond acceptors (Lipinski definition) is 6. The van der Waals surface area contributed by atoms with Crippen LogP contribution in [0.3, 0.4) is 0 Å². The number of rotatable bonds is 5. The average Bonchev–Trinajstić information content (AvgIpc) is 2.85. The minimum atomic E-state index is -3.49. The zero-order valence-electron chi connectivity index (χ0n) is 11.8. The molecule has 0 saturated heterocycles. The predicted molar refractivity (Wildman–Crippen MR) is 76.5 cm³/mol. The third kappa shape index (κ3) is 3.08. The molecular formula is C12H17N3O3S2. The Hall–Kier alpha value is -1.25. The van der Waals surface area contributed by atoms with Gasteiger partial charge in [0.25, 0.3) is 10.0 Å². The highest BCUT2D eigenvalue weighted by atomic mass is 32.2. The molecule has 0 aromatic carbocycles. The predicted octanol–water partition coefficient (Wildman–Crippen LogP) is 1.89. The zero-order chi connectivity index (χ0) is 14.9. The summed E-state index contributed by atoms with van der Waals surface area (Å²) in [7, 11) is -3.49. The molecule has 110 valence electrons. The molecule has 6 nitrogen and oxygen atoms in total. The Balaban J connectivity index is 2.05. The van der Waals surface area contributed by atoms with E-state index < -0.39 is 10.0 Å². The lowest BCUT2D eigenvalue weighted by atomic mass is 10.1. The topological polar surface area (TPSA) is 85.1 Å². The summed E-state index contributed by atoms with van der Waals surface area (Å²) in [5.41, 5.74) is 2.29. The maximum Gasteiger partial charge on any atom is 0.251 e. The maximum atomic E-state index is 12.2. The van der Waals surface area contributed by atoms with Crippen LogP contribution in [0.15, 0.2) is 8.73 Å². The van der Waals surface area contributed by atoms with Crippen LogP contribution in [0.2, 0.25) is 0 Å². The van der Waals surface area contributed by atoms with E-state index >= 15 is 0 Å². The van der Waals surface area contributed by atoms with Gasteiger partial charge in [0.05, 0.1) is 16.4 Å². The second-order valence-corrected chi connectivity index (χ2v) is 7.72. The molecule has 20 heavy (non-hydrogen) atoms. The zero-order valence-corrected chi connectivity index (χ0v) is 13.5. The third-order valence-corrected chi connectivity index (χ3v) is 6.10. The van der Waals surface area contributed by atoms with Crippen LogP contribution in [0.5, 0.6) is 0 Å². The summed E-state index contributed by atoms with van der Waals surface area (Å²) in [5.74, 6) is 0.728. The lowest BCUT2D eigenvalue weighted by molar-refractivity contribution is 0.392. The van der Waals surface area contributed by atoms with Gasteiger partial charge in [-0.3, -0.25) is 0 Å². The molecule has 0 aliphatic heterocycles. The van der Waals surface area contributed by atoms with E-state index in [9.17, 15) is 8.42 Å². The fourth-order valence-corrected chi connectivity index (χ4v) is 4.55. The number of hydrogen-bond donors (Lipinski definition) is 1. The number of aromatic nitrogens is 2. The quantitative estimate of drug-likeness (QED) is 0.910. The van der Waals surface area contributed by atoms with Crippen LogP contribution < -0.4 is 4.72 Å². The minimum Gasteiger partial charge on any atom is -0.361 e. The Morgan fingerprint density at radius 1 is 1.20 bits per heavy atom. The standard InChI is InChI=1S/C12H17N3O3S2/c1-7-11(9(3)18-15-7)5-6-13-20(16,17)12-8(2)14-10(4)19-12/h13H,5-6H2,1-4H3. The van der Waals surface area contributed by atoms with Gasteiger partial charge in [-0.15, -0.1) is 11.3 Å². The van der Waals surface area contributed by atoms with E-state index in [0.29, 0.717) is 18.7 Å². The highest BCUT2D eigenvalue weighted by Gasteiger charge is 2.20. The van der Waals surface area contributed by atoms with E-state index in [1.165, 1.54) is 11.3 Å². The first-order valence-corrected chi connectivity index (χ1v) is 8.46. The molecule has 2 aromatic heterocycles. The molecule has 0 atom stereocenters. The summed E-state index contributed by atoms with van der Waals surface area (Å²) >= 11 is 1.18. The van der Waals surface area contributed by atoms with Crippen LogP contribution >= 0.6 is 11.3 Å². The van der Waals surface area contributed by atoms with Crippen molar-refractivity contribution in [1.82, 2.24) is 14.9 Å². The van der Waals surface area contributed by atoms with Crippen molar-refractivity contribution >= 4 is 21.4 Å². The van der Waals surface area contributed by atoms with Gasteiger partial charge in [-0.05, 0) is 34.1 Å². The second-order valence-electron chi connectivity index (χ2n) is 4.56. The van der Waals surface area contributed by atoms with Gasteiger partial charge in [0.1, 0.15) is 5.76 Å². The largest absolute Gasteiger partial charge is 0.361 e. The van der Waals surface area contributed by atoms with Crippen LogP contribution in [0.4, 0.5) is 0 Å². The molecule has 0 aliphatic rings. The summed E-state index contributed by atoms with van der Waals surface area (Å²) in [6.07, 6.45) is 0.553. The molecule has 1 N–H and O–H groups in total. The molecule has 0 radical (unpaired) electrons. The number of nitrogens with one attached hydrogen (secondary N) is 1. The maximum absolute atomic E-state index is 12.2. The molecule has 0 bridgehead atoms. The monoisotopic (exact) mass is 315 g/mol. The normalized spacial score (nSPS) is 12.0. The van der Waals surface area contributed by atoms with Gasteiger partial charge in [0.15, 0.2) is 4.21 Å². The van der Waals surface area contributed by atoms with Gasteiger partial charge in [-0.2, -0.15) is 0 Å². The first-order chi connectivity index (χ1) is 9.31. The smallest absolute Gasteiger partial charge is 0.251 e. The van der Waals surface area contributed by atoms with Crippen molar-refractivity contribution in [2.75, 3.05) is 6.54 Å². The van der Waals surface area contributed by atoms with Crippen LogP contribution in [0.1, 0.15) is 27.7 Å². The van der Waals surface area contributed by atoms with Crippen molar-refractivity contribution in [3.8, 4) is 0 Å². The average molecular weight is 315 g/mol.